The maximum atomic E-state index is 12.2. The monoisotopic (exact) mass is 291 g/mol. The Labute approximate surface area is 126 Å². The number of hydrogen-bond acceptors (Lipinski definition) is 4. The smallest absolute Gasteiger partial charge is 0.238 e. The third-order valence-electron chi connectivity index (χ3n) is 3.71. The molecular formula is C16H25N3O2. The van der Waals surface area contributed by atoms with E-state index in [1.54, 1.807) is 0 Å². The van der Waals surface area contributed by atoms with Gasteiger partial charge in [-0.3, -0.25) is 9.69 Å². The minimum atomic E-state index is -0.00437. The Balaban J connectivity index is 1.93. The molecule has 116 valence electrons. The first-order valence-corrected chi connectivity index (χ1v) is 7.59. The zero-order valence-corrected chi connectivity index (χ0v) is 12.9. The molecule has 1 saturated heterocycles. The molecule has 21 heavy (non-hydrogen) atoms. The molecule has 0 aliphatic carbocycles. The first-order valence-electron chi connectivity index (χ1n) is 7.59. The van der Waals surface area contributed by atoms with Gasteiger partial charge in [-0.2, -0.15) is 0 Å². The average molecular weight is 291 g/mol. The van der Waals surface area contributed by atoms with Gasteiger partial charge in [0.2, 0.25) is 5.91 Å². The minimum absolute atomic E-state index is 0.00437. The summed E-state index contributed by atoms with van der Waals surface area (Å²) in [4.78, 5) is 14.3. The third-order valence-corrected chi connectivity index (χ3v) is 3.71. The highest BCUT2D eigenvalue weighted by Gasteiger charge is 2.18. The molecule has 3 N–H and O–H groups in total. The molecule has 0 atom stereocenters. The van der Waals surface area contributed by atoms with Gasteiger partial charge < -0.3 is 15.8 Å². The van der Waals surface area contributed by atoms with Crippen LogP contribution in [0.25, 0.3) is 0 Å². The molecule has 1 aliphatic rings. The van der Waals surface area contributed by atoms with E-state index in [0.29, 0.717) is 13.2 Å². The Hall–Kier alpha value is -1.59. The second-order valence-electron chi connectivity index (χ2n) is 5.59. The van der Waals surface area contributed by atoms with E-state index in [4.69, 9.17) is 10.5 Å². The summed E-state index contributed by atoms with van der Waals surface area (Å²) in [6, 6.07) is 6.09. The summed E-state index contributed by atoms with van der Waals surface area (Å²) >= 11 is 0. The van der Waals surface area contributed by atoms with Gasteiger partial charge in [-0.15, -0.1) is 0 Å². The lowest BCUT2D eigenvalue weighted by Crippen LogP contribution is -2.43. The van der Waals surface area contributed by atoms with Gasteiger partial charge in [0.15, 0.2) is 0 Å². The number of rotatable bonds is 5. The SMILES string of the molecule is CCOc1cc(C)ccc1NC(=O)CN1CCC(N)CC1. The number of aryl methyl sites for hydroxylation is 1. The normalized spacial score (nSPS) is 16.7. The van der Waals surface area contributed by atoms with Gasteiger partial charge >= 0.3 is 0 Å². The molecule has 1 aromatic rings. The Morgan fingerprint density at radius 1 is 1.43 bits per heavy atom. The summed E-state index contributed by atoms with van der Waals surface area (Å²) in [5, 5.41) is 2.94. The van der Waals surface area contributed by atoms with Gasteiger partial charge in [0.25, 0.3) is 0 Å². The number of nitrogens with one attached hydrogen (secondary N) is 1. The van der Waals surface area contributed by atoms with Gasteiger partial charge in [-0.05, 0) is 44.4 Å². The number of benzene rings is 1. The van der Waals surface area contributed by atoms with E-state index in [1.807, 2.05) is 32.0 Å². The number of piperidine rings is 1. The second kappa shape index (κ2) is 7.43. The molecule has 5 nitrogen and oxygen atoms in total. The fourth-order valence-corrected chi connectivity index (χ4v) is 2.51. The summed E-state index contributed by atoms with van der Waals surface area (Å²) in [7, 11) is 0. The Morgan fingerprint density at radius 3 is 2.81 bits per heavy atom. The standard InChI is InChI=1S/C16H25N3O2/c1-3-21-15-10-12(2)4-5-14(15)18-16(20)11-19-8-6-13(17)7-9-19/h4-5,10,13H,3,6-9,11,17H2,1-2H3,(H,18,20). The van der Waals surface area contributed by atoms with Crippen molar-refractivity contribution in [2.45, 2.75) is 32.7 Å². The summed E-state index contributed by atoms with van der Waals surface area (Å²) in [6.45, 7) is 6.71. The number of carbonyl (C=O) groups excluding carboxylic acids is 1. The lowest BCUT2D eigenvalue weighted by Gasteiger charge is -2.29. The number of nitrogens with zero attached hydrogens (tertiary/aromatic N) is 1. The van der Waals surface area contributed by atoms with E-state index in [1.165, 1.54) is 0 Å². The highest BCUT2D eigenvalue weighted by molar-refractivity contribution is 5.93. The fourth-order valence-electron chi connectivity index (χ4n) is 2.51. The van der Waals surface area contributed by atoms with Crippen LogP contribution in [0.15, 0.2) is 18.2 Å². The molecule has 1 fully saturated rings. The topological polar surface area (TPSA) is 67.6 Å². The molecule has 0 bridgehead atoms. The van der Waals surface area contributed by atoms with Crippen molar-refractivity contribution in [1.82, 2.24) is 4.90 Å². The van der Waals surface area contributed by atoms with Crippen LogP contribution in [0.1, 0.15) is 25.3 Å². The third kappa shape index (κ3) is 4.72. The van der Waals surface area contributed by atoms with Crippen molar-refractivity contribution in [2.75, 3.05) is 31.6 Å². The Bertz CT molecular complexity index is 482. The Kier molecular flexibility index (Phi) is 5.59. The predicted molar refractivity (Wildman–Crippen MR) is 84.6 cm³/mol. The average Bonchev–Trinajstić information content (AvgIpc) is 2.45. The molecule has 5 heteroatoms. The van der Waals surface area contributed by atoms with Crippen LogP contribution in [0, 0.1) is 6.92 Å². The number of carbonyl (C=O) groups is 1. The lowest BCUT2D eigenvalue weighted by atomic mass is 10.1. The van der Waals surface area contributed by atoms with E-state index < -0.39 is 0 Å². The largest absolute Gasteiger partial charge is 0.492 e. The van der Waals surface area contributed by atoms with Crippen LogP contribution < -0.4 is 15.8 Å². The van der Waals surface area contributed by atoms with Crippen LogP contribution in [0.3, 0.4) is 0 Å². The zero-order valence-electron chi connectivity index (χ0n) is 12.9. The van der Waals surface area contributed by atoms with Crippen LogP contribution in [0.2, 0.25) is 0 Å². The number of ether oxygens (including phenoxy) is 1. The van der Waals surface area contributed by atoms with E-state index >= 15 is 0 Å². The molecule has 1 aliphatic heterocycles. The molecule has 0 spiro atoms. The molecule has 0 unspecified atom stereocenters. The van der Waals surface area contributed by atoms with Gasteiger partial charge in [-0.25, -0.2) is 0 Å². The number of likely N-dealkylation sites (tertiary alicyclic amines) is 1. The quantitative estimate of drug-likeness (QED) is 0.867. The first-order chi connectivity index (χ1) is 10.1. The van der Waals surface area contributed by atoms with Crippen LogP contribution in [0.4, 0.5) is 5.69 Å². The van der Waals surface area contributed by atoms with Crippen molar-refractivity contribution >= 4 is 11.6 Å². The van der Waals surface area contributed by atoms with Gasteiger partial charge in [0.05, 0.1) is 18.8 Å². The molecule has 0 saturated carbocycles. The first kappa shape index (κ1) is 15.8. The van der Waals surface area contributed by atoms with Crippen molar-refractivity contribution in [3.63, 3.8) is 0 Å². The number of nitrogens with two attached hydrogens (primary N) is 1. The summed E-state index contributed by atoms with van der Waals surface area (Å²) in [5.74, 6) is 0.724. The van der Waals surface area contributed by atoms with Crippen molar-refractivity contribution in [3.8, 4) is 5.75 Å². The zero-order chi connectivity index (χ0) is 15.2. The Morgan fingerprint density at radius 2 is 2.14 bits per heavy atom. The van der Waals surface area contributed by atoms with Crippen LogP contribution in [0.5, 0.6) is 5.75 Å². The summed E-state index contributed by atoms with van der Waals surface area (Å²) in [6.07, 6.45) is 1.92. The van der Waals surface area contributed by atoms with Gasteiger partial charge in [0, 0.05) is 19.1 Å². The molecule has 0 radical (unpaired) electrons. The van der Waals surface area contributed by atoms with E-state index in [9.17, 15) is 4.79 Å². The molecule has 1 aromatic carbocycles. The molecule has 1 amide bonds. The van der Waals surface area contributed by atoms with Crippen molar-refractivity contribution in [1.29, 1.82) is 0 Å². The van der Waals surface area contributed by atoms with Gasteiger partial charge in [0.1, 0.15) is 5.75 Å². The van der Waals surface area contributed by atoms with Crippen LogP contribution >= 0.6 is 0 Å². The predicted octanol–water partition coefficient (Wildman–Crippen LogP) is 1.76. The van der Waals surface area contributed by atoms with Crippen molar-refractivity contribution in [3.05, 3.63) is 23.8 Å². The van der Waals surface area contributed by atoms with Crippen molar-refractivity contribution < 1.29 is 9.53 Å². The highest BCUT2D eigenvalue weighted by Crippen LogP contribution is 2.25. The minimum Gasteiger partial charge on any atom is -0.492 e. The van der Waals surface area contributed by atoms with E-state index in [0.717, 1.165) is 42.9 Å². The summed E-state index contributed by atoms with van der Waals surface area (Å²) < 4.78 is 5.58. The van der Waals surface area contributed by atoms with Crippen LogP contribution in [-0.4, -0.2) is 43.1 Å². The fraction of sp³-hybridized carbons (Fsp3) is 0.562. The summed E-state index contributed by atoms with van der Waals surface area (Å²) in [5.41, 5.74) is 7.72. The number of anilines is 1. The van der Waals surface area contributed by atoms with E-state index in [-0.39, 0.29) is 11.9 Å². The molecule has 2 rings (SSSR count). The van der Waals surface area contributed by atoms with Crippen LogP contribution in [-0.2, 0) is 4.79 Å². The maximum absolute atomic E-state index is 12.2. The molecular weight excluding hydrogens is 266 g/mol. The molecule has 0 aromatic heterocycles. The number of amides is 1. The van der Waals surface area contributed by atoms with E-state index in [2.05, 4.69) is 10.2 Å². The molecule has 1 heterocycles. The lowest BCUT2D eigenvalue weighted by molar-refractivity contribution is -0.117. The van der Waals surface area contributed by atoms with Gasteiger partial charge in [-0.1, -0.05) is 6.07 Å². The second-order valence-corrected chi connectivity index (χ2v) is 5.59. The highest BCUT2D eigenvalue weighted by atomic mass is 16.5. The van der Waals surface area contributed by atoms with Crippen molar-refractivity contribution in [2.24, 2.45) is 5.73 Å². The maximum Gasteiger partial charge on any atom is 0.238 e. The number of hydrogen-bond donors (Lipinski definition) is 2.